The summed E-state index contributed by atoms with van der Waals surface area (Å²) < 4.78 is 41.1. The van der Waals surface area contributed by atoms with E-state index in [-0.39, 0.29) is 0 Å². The van der Waals surface area contributed by atoms with Crippen molar-refractivity contribution in [3.63, 3.8) is 0 Å². The standard InChI is InChI=1S/C12H18N2O.C6H3F3/c13-11-2-1-3-12(4-11)14-5-9-7-15-8-10(9)6-14;7-4-1-2-5(8)6(9)3-4/h7-8,11-12H,1-6,13H2;1-3H/t11-,12+;/m1./s1. The number of nitrogens with two attached hydrogens (primary N) is 1. The lowest BCUT2D eigenvalue weighted by Gasteiger charge is -2.33. The van der Waals surface area contributed by atoms with E-state index < -0.39 is 17.5 Å². The average molecular weight is 338 g/mol. The zero-order valence-corrected chi connectivity index (χ0v) is 13.4. The van der Waals surface area contributed by atoms with E-state index in [0.29, 0.717) is 18.2 Å². The molecule has 1 aliphatic carbocycles. The van der Waals surface area contributed by atoms with E-state index in [4.69, 9.17) is 10.2 Å². The van der Waals surface area contributed by atoms with Crippen molar-refractivity contribution < 1.29 is 17.6 Å². The van der Waals surface area contributed by atoms with Crippen LogP contribution < -0.4 is 5.73 Å². The van der Waals surface area contributed by atoms with Crippen molar-refractivity contribution >= 4 is 0 Å². The van der Waals surface area contributed by atoms with Crippen molar-refractivity contribution in [3.8, 4) is 0 Å². The maximum absolute atomic E-state index is 12.0. The van der Waals surface area contributed by atoms with Gasteiger partial charge in [-0.2, -0.15) is 0 Å². The van der Waals surface area contributed by atoms with Gasteiger partial charge in [0.25, 0.3) is 0 Å². The molecule has 1 aromatic heterocycles. The van der Waals surface area contributed by atoms with Gasteiger partial charge >= 0.3 is 0 Å². The van der Waals surface area contributed by atoms with Gasteiger partial charge in [-0.3, -0.25) is 4.90 Å². The number of nitrogens with zero attached hydrogens (tertiary/aromatic N) is 1. The largest absolute Gasteiger partial charge is 0.472 e. The van der Waals surface area contributed by atoms with Crippen LogP contribution in [-0.2, 0) is 13.1 Å². The molecule has 2 aromatic rings. The summed E-state index contributed by atoms with van der Waals surface area (Å²) in [6.07, 6.45) is 8.75. The molecule has 2 N–H and O–H groups in total. The van der Waals surface area contributed by atoms with Crippen LogP contribution in [0.3, 0.4) is 0 Å². The molecule has 1 saturated carbocycles. The molecule has 0 bridgehead atoms. The van der Waals surface area contributed by atoms with E-state index in [1.807, 2.05) is 12.5 Å². The number of rotatable bonds is 1. The van der Waals surface area contributed by atoms with Crippen molar-refractivity contribution in [2.75, 3.05) is 0 Å². The molecular weight excluding hydrogens is 317 g/mol. The van der Waals surface area contributed by atoms with E-state index in [1.54, 1.807) is 0 Å². The van der Waals surface area contributed by atoms with Gasteiger partial charge in [-0.05, 0) is 31.4 Å². The lowest BCUT2D eigenvalue weighted by molar-refractivity contribution is 0.145. The van der Waals surface area contributed by atoms with Gasteiger partial charge in [0.15, 0.2) is 11.6 Å². The molecule has 0 radical (unpaired) electrons. The molecule has 1 fully saturated rings. The van der Waals surface area contributed by atoms with E-state index in [0.717, 1.165) is 25.2 Å². The fraction of sp³-hybridized carbons (Fsp3) is 0.444. The smallest absolute Gasteiger partial charge is 0.161 e. The van der Waals surface area contributed by atoms with Gasteiger partial charge in [0.2, 0.25) is 0 Å². The van der Waals surface area contributed by atoms with Crippen LogP contribution in [-0.4, -0.2) is 17.0 Å². The number of hydrogen-bond donors (Lipinski definition) is 1. The highest BCUT2D eigenvalue weighted by atomic mass is 19.2. The second-order valence-electron chi connectivity index (χ2n) is 6.47. The second-order valence-corrected chi connectivity index (χ2v) is 6.47. The highest BCUT2D eigenvalue weighted by molar-refractivity contribution is 5.25. The number of furan rings is 1. The molecule has 4 rings (SSSR count). The van der Waals surface area contributed by atoms with E-state index in [1.165, 1.54) is 36.8 Å². The minimum atomic E-state index is -1.16. The lowest BCUT2D eigenvalue weighted by atomic mass is 9.91. The first-order valence-corrected chi connectivity index (χ1v) is 8.17. The third-order valence-corrected chi connectivity index (χ3v) is 4.67. The third-order valence-electron chi connectivity index (χ3n) is 4.67. The first-order valence-electron chi connectivity index (χ1n) is 8.17. The van der Waals surface area contributed by atoms with Gasteiger partial charge in [-0.15, -0.1) is 0 Å². The fourth-order valence-corrected chi connectivity index (χ4v) is 3.38. The Balaban J connectivity index is 0.000000162. The van der Waals surface area contributed by atoms with Crippen LogP contribution in [0.25, 0.3) is 0 Å². The number of fused-ring (bicyclic) bond motifs is 1. The Morgan fingerprint density at radius 1 is 1.00 bits per heavy atom. The van der Waals surface area contributed by atoms with Gasteiger partial charge in [-0.25, -0.2) is 13.2 Å². The van der Waals surface area contributed by atoms with Crippen LogP contribution in [0.1, 0.15) is 36.8 Å². The monoisotopic (exact) mass is 338 g/mol. The lowest BCUT2D eigenvalue weighted by Crippen LogP contribution is -2.40. The van der Waals surface area contributed by atoms with E-state index in [9.17, 15) is 13.2 Å². The average Bonchev–Trinajstić information content (AvgIpc) is 3.13. The molecule has 0 saturated heterocycles. The molecule has 0 spiro atoms. The highest BCUT2D eigenvalue weighted by Crippen LogP contribution is 2.30. The molecule has 0 amide bonds. The zero-order valence-electron chi connectivity index (χ0n) is 13.4. The van der Waals surface area contributed by atoms with Crippen molar-refractivity contribution in [2.24, 2.45) is 5.73 Å². The highest BCUT2D eigenvalue weighted by Gasteiger charge is 2.30. The summed E-state index contributed by atoms with van der Waals surface area (Å²) in [4.78, 5) is 2.55. The predicted octanol–water partition coefficient (Wildman–Crippen LogP) is 3.97. The molecule has 0 unspecified atom stereocenters. The SMILES string of the molecule is Fc1ccc(F)c(F)c1.N[C@@H]1CCC[C@H](N2Cc3cocc3C2)C1. The molecule has 130 valence electrons. The molecule has 1 aliphatic heterocycles. The maximum Gasteiger partial charge on any atom is 0.161 e. The normalized spacial score (nSPS) is 23.5. The Kier molecular flexibility index (Phi) is 5.26. The Bertz CT molecular complexity index is 668. The maximum atomic E-state index is 12.0. The molecule has 24 heavy (non-hydrogen) atoms. The van der Waals surface area contributed by atoms with Crippen LogP contribution in [0.4, 0.5) is 13.2 Å². The van der Waals surface area contributed by atoms with Crippen LogP contribution in [0.5, 0.6) is 0 Å². The first kappa shape index (κ1) is 17.0. The minimum absolute atomic E-state index is 0.420. The molecule has 2 atom stereocenters. The summed E-state index contributed by atoms with van der Waals surface area (Å²) >= 11 is 0. The quantitative estimate of drug-likeness (QED) is 0.800. The Hall–Kier alpha value is -1.79. The van der Waals surface area contributed by atoms with Gasteiger partial charge in [-0.1, -0.05) is 6.42 Å². The number of benzene rings is 1. The van der Waals surface area contributed by atoms with Gasteiger partial charge in [0, 0.05) is 42.4 Å². The van der Waals surface area contributed by atoms with Gasteiger partial charge in [0.1, 0.15) is 5.82 Å². The second kappa shape index (κ2) is 7.40. The van der Waals surface area contributed by atoms with Crippen molar-refractivity contribution in [1.82, 2.24) is 4.90 Å². The molecule has 2 heterocycles. The topological polar surface area (TPSA) is 42.4 Å². The van der Waals surface area contributed by atoms with Gasteiger partial charge < -0.3 is 10.2 Å². The summed E-state index contributed by atoms with van der Waals surface area (Å²) in [5, 5.41) is 0. The molecule has 3 nitrogen and oxygen atoms in total. The molecule has 2 aliphatic rings. The van der Waals surface area contributed by atoms with Crippen LogP contribution in [0, 0.1) is 17.5 Å². The summed E-state index contributed by atoms with van der Waals surface area (Å²) in [7, 11) is 0. The first-order chi connectivity index (χ1) is 11.5. The van der Waals surface area contributed by atoms with Crippen LogP contribution in [0.15, 0.2) is 35.1 Å². The van der Waals surface area contributed by atoms with Crippen molar-refractivity contribution in [1.29, 1.82) is 0 Å². The Labute approximate surface area is 139 Å². The van der Waals surface area contributed by atoms with E-state index in [2.05, 4.69) is 4.90 Å². The number of hydrogen-bond acceptors (Lipinski definition) is 3. The molecule has 1 aromatic carbocycles. The van der Waals surface area contributed by atoms with Crippen LogP contribution in [0.2, 0.25) is 0 Å². The number of halogens is 3. The Morgan fingerprint density at radius 2 is 1.71 bits per heavy atom. The predicted molar refractivity (Wildman–Crippen MR) is 84.5 cm³/mol. The van der Waals surface area contributed by atoms with Crippen molar-refractivity contribution in [2.45, 2.75) is 50.9 Å². The Morgan fingerprint density at radius 3 is 2.29 bits per heavy atom. The summed E-state index contributed by atoms with van der Waals surface area (Å²) in [5.41, 5.74) is 8.77. The van der Waals surface area contributed by atoms with Crippen molar-refractivity contribution in [3.05, 3.63) is 59.3 Å². The third kappa shape index (κ3) is 3.99. The van der Waals surface area contributed by atoms with E-state index >= 15 is 0 Å². The summed E-state index contributed by atoms with van der Waals surface area (Å²) in [6, 6.07) is 3.21. The zero-order chi connectivity index (χ0) is 17.1. The summed E-state index contributed by atoms with van der Waals surface area (Å²) in [5.74, 6) is -2.96. The summed E-state index contributed by atoms with van der Waals surface area (Å²) in [6.45, 7) is 2.12. The molecular formula is C18H21F3N2O. The minimum Gasteiger partial charge on any atom is -0.472 e. The van der Waals surface area contributed by atoms with Gasteiger partial charge in [0.05, 0.1) is 12.5 Å². The fourth-order valence-electron chi connectivity index (χ4n) is 3.38. The van der Waals surface area contributed by atoms with Crippen LogP contribution >= 0.6 is 0 Å². The molecule has 6 heteroatoms.